The highest BCUT2D eigenvalue weighted by Crippen LogP contribution is 2.21. The molecule has 0 saturated heterocycles. The topological polar surface area (TPSA) is 232 Å². The number of anilines is 1. The van der Waals surface area contributed by atoms with E-state index >= 15 is 0 Å². The highest BCUT2D eigenvalue weighted by Gasteiger charge is 2.34. The van der Waals surface area contributed by atoms with Crippen molar-refractivity contribution in [3.63, 3.8) is 0 Å². The van der Waals surface area contributed by atoms with Crippen LogP contribution >= 0.6 is 11.3 Å². The number of carboxylic acids is 1. The minimum Gasteiger partial charge on any atom is -0.480 e. The number of fused-ring (bicyclic) bond motifs is 18. The van der Waals surface area contributed by atoms with Gasteiger partial charge in [0.05, 0.1) is 6.42 Å². The summed E-state index contributed by atoms with van der Waals surface area (Å²) in [6.45, 7) is 0. The SMILES string of the molecule is O=C1C[C@@H](O)C(=O)Nc2ccc(cc2)C[C@@H](C(=O)N[C@@H](Cc2ccccc2)C(=O)O)NC(=O)[C@H](Cc2ccccc2)NC(=O)[C@@H](Cc2ccc(-c3ccccc3)cc2)NC(=O)[C@H](Cc2cccs2)N1. The molecule has 8 rings (SSSR count). The Hall–Kier alpha value is -7.95. The molecule has 0 spiro atoms. The molecule has 6 atom stereocenters. The fraction of sp³-hybridized carbons (Fsp3) is 0.226. The summed E-state index contributed by atoms with van der Waals surface area (Å²) in [5.41, 5.74) is 4.60. The van der Waals surface area contributed by atoms with Crippen molar-refractivity contribution in [3.05, 3.63) is 184 Å². The van der Waals surface area contributed by atoms with Gasteiger partial charge in [-0.2, -0.15) is 0 Å². The lowest BCUT2D eigenvalue weighted by atomic mass is 9.98. The van der Waals surface area contributed by atoms with Gasteiger partial charge in [-0.3, -0.25) is 28.8 Å². The van der Waals surface area contributed by atoms with Crippen LogP contribution in [-0.4, -0.2) is 87.9 Å². The van der Waals surface area contributed by atoms with Crippen molar-refractivity contribution in [2.24, 2.45) is 0 Å². The number of aliphatic carboxylic acids is 1. The molecule has 2 bridgehead atoms. The first-order valence-electron chi connectivity index (χ1n) is 22.4. The van der Waals surface area contributed by atoms with Crippen LogP contribution < -0.4 is 31.9 Å². The Labute approximate surface area is 402 Å². The van der Waals surface area contributed by atoms with E-state index in [0.29, 0.717) is 22.3 Å². The van der Waals surface area contributed by atoms with E-state index in [1.54, 1.807) is 90.3 Å². The van der Waals surface area contributed by atoms with E-state index in [0.717, 1.165) is 16.0 Å². The molecule has 5 aromatic carbocycles. The van der Waals surface area contributed by atoms with Crippen molar-refractivity contribution in [1.29, 1.82) is 0 Å². The number of aliphatic hydroxyl groups is 1. The summed E-state index contributed by atoms with van der Waals surface area (Å²) in [5, 5.41) is 39.1. The van der Waals surface area contributed by atoms with E-state index in [9.17, 15) is 43.8 Å². The number of hydrogen-bond acceptors (Lipinski definition) is 9. The van der Waals surface area contributed by atoms with Crippen LogP contribution in [0.2, 0.25) is 0 Å². The van der Waals surface area contributed by atoms with Gasteiger partial charge in [-0.05, 0) is 57.0 Å². The maximum atomic E-state index is 14.8. The first-order chi connectivity index (χ1) is 33.4. The fourth-order valence-electron chi connectivity index (χ4n) is 7.86. The number of amides is 6. The van der Waals surface area contributed by atoms with Crippen LogP contribution in [0, 0.1) is 0 Å². The Kier molecular flexibility index (Phi) is 16.8. The van der Waals surface area contributed by atoms with Gasteiger partial charge >= 0.3 is 5.97 Å². The molecule has 1 aromatic heterocycles. The lowest BCUT2D eigenvalue weighted by Crippen LogP contribution is -2.60. The molecule has 6 amide bonds. The second-order valence-electron chi connectivity index (χ2n) is 16.7. The molecule has 8 N–H and O–H groups in total. The minimum absolute atomic E-state index is 0.0145. The first kappa shape index (κ1) is 49.0. The molecule has 16 heteroatoms. The molecule has 3 heterocycles. The number of hydrogen-bond donors (Lipinski definition) is 8. The molecule has 2 aliphatic rings. The predicted molar refractivity (Wildman–Crippen MR) is 261 cm³/mol. The van der Waals surface area contributed by atoms with E-state index in [4.69, 9.17) is 0 Å². The number of carboxylic acid groups (broad SMARTS) is 1. The summed E-state index contributed by atoms with van der Waals surface area (Å²) in [5.74, 6) is -6.08. The third-order valence-electron chi connectivity index (χ3n) is 11.6. The number of aliphatic hydroxyl groups excluding tert-OH is 1. The van der Waals surface area contributed by atoms with E-state index in [2.05, 4.69) is 31.9 Å². The second-order valence-corrected chi connectivity index (χ2v) is 17.8. The zero-order valence-corrected chi connectivity index (χ0v) is 38.2. The molecule has 0 fully saturated rings. The monoisotopic (exact) mass is 948 g/mol. The largest absolute Gasteiger partial charge is 0.480 e. The average Bonchev–Trinajstić information content (AvgIpc) is 3.87. The quantitative estimate of drug-likeness (QED) is 0.0824. The maximum Gasteiger partial charge on any atom is 0.326 e. The number of rotatable bonds is 12. The van der Waals surface area contributed by atoms with E-state index in [1.807, 2.05) is 54.6 Å². The van der Waals surface area contributed by atoms with Crippen LogP contribution in [0.4, 0.5) is 5.69 Å². The van der Waals surface area contributed by atoms with Gasteiger partial charge in [0.15, 0.2) is 0 Å². The Morgan fingerprint density at radius 3 is 1.68 bits per heavy atom. The predicted octanol–water partition coefficient (Wildman–Crippen LogP) is 4.14. The number of carbonyl (C=O) groups is 7. The van der Waals surface area contributed by atoms with Gasteiger partial charge in [0.25, 0.3) is 5.91 Å². The summed E-state index contributed by atoms with van der Waals surface area (Å²) in [6, 6.07) is 37.8. The lowest BCUT2D eigenvalue weighted by molar-refractivity contribution is -0.142. The zero-order chi connectivity index (χ0) is 48.7. The number of nitrogens with one attached hydrogen (secondary N) is 6. The molecule has 0 aliphatic carbocycles. The molecule has 69 heavy (non-hydrogen) atoms. The van der Waals surface area contributed by atoms with Crippen LogP contribution in [0.1, 0.15) is 33.6 Å². The van der Waals surface area contributed by atoms with Crippen molar-refractivity contribution < 1.29 is 43.8 Å². The van der Waals surface area contributed by atoms with Gasteiger partial charge in [-0.15, -0.1) is 11.3 Å². The number of benzene rings is 5. The molecule has 6 aromatic rings. The lowest BCUT2D eigenvalue weighted by Gasteiger charge is -2.27. The molecule has 0 radical (unpaired) electrons. The van der Waals surface area contributed by atoms with Gasteiger partial charge in [-0.25, -0.2) is 4.79 Å². The van der Waals surface area contributed by atoms with Crippen LogP contribution in [0.15, 0.2) is 157 Å². The first-order valence-corrected chi connectivity index (χ1v) is 23.3. The Balaban J connectivity index is 1.24. The number of carbonyl (C=O) groups excluding carboxylic acids is 6. The highest BCUT2D eigenvalue weighted by atomic mass is 32.1. The third-order valence-corrected chi connectivity index (χ3v) is 12.5. The second kappa shape index (κ2) is 23.7. The van der Waals surface area contributed by atoms with Gasteiger partial charge in [0.2, 0.25) is 29.5 Å². The van der Waals surface area contributed by atoms with Gasteiger partial charge in [0.1, 0.15) is 36.3 Å². The van der Waals surface area contributed by atoms with Crippen molar-refractivity contribution in [2.45, 2.75) is 74.8 Å². The summed E-state index contributed by atoms with van der Waals surface area (Å²) < 4.78 is 0. The molecule has 0 saturated carbocycles. The van der Waals surface area contributed by atoms with Gasteiger partial charge in [0, 0.05) is 42.7 Å². The number of thiophene rings is 1. The van der Waals surface area contributed by atoms with E-state index in [-0.39, 0.29) is 37.8 Å². The fourth-order valence-corrected chi connectivity index (χ4v) is 8.61. The maximum absolute atomic E-state index is 14.8. The Bertz CT molecular complexity index is 2710. The smallest absolute Gasteiger partial charge is 0.326 e. The van der Waals surface area contributed by atoms with Crippen molar-refractivity contribution in [1.82, 2.24) is 26.6 Å². The van der Waals surface area contributed by atoms with Crippen molar-refractivity contribution in [2.75, 3.05) is 5.32 Å². The van der Waals surface area contributed by atoms with Crippen molar-refractivity contribution >= 4 is 58.4 Å². The third kappa shape index (κ3) is 14.3. The summed E-state index contributed by atoms with van der Waals surface area (Å²) in [6.07, 6.45) is -2.79. The molecule has 354 valence electrons. The molecule has 15 nitrogen and oxygen atoms in total. The highest BCUT2D eigenvalue weighted by molar-refractivity contribution is 7.09. The van der Waals surface area contributed by atoms with E-state index < -0.39 is 84.1 Å². The van der Waals surface area contributed by atoms with Gasteiger partial charge in [-0.1, -0.05) is 133 Å². The summed E-state index contributed by atoms with van der Waals surface area (Å²) in [4.78, 5) is 97.9. The van der Waals surface area contributed by atoms with Crippen LogP contribution in [-0.2, 0) is 65.7 Å². The zero-order valence-electron chi connectivity index (χ0n) is 37.4. The van der Waals surface area contributed by atoms with Crippen LogP contribution in [0.25, 0.3) is 11.1 Å². The molecule has 0 unspecified atom stereocenters. The normalized spacial score (nSPS) is 19.9. The summed E-state index contributed by atoms with van der Waals surface area (Å²) >= 11 is 1.35. The molecule has 2 aliphatic heterocycles. The van der Waals surface area contributed by atoms with Crippen LogP contribution in [0.5, 0.6) is 0 Å². The summed E-state index contributed by atoms with van der Waals surface area (Å²) in [7, 11) is 0. The molecular weight excluding hydrogens is 897 g/mol. The average molecular weight is 949 g/mol. The minimum atomic E-state index is -1.82. The Morgan fingerprint density at radius 2 is 1.10 bits per heavy atom. The Morgan fingerprint density at radius 1 is 0.565 bits per heavy atom. The van der Waals surface area contributed by atoms with Gasteiger partial charge < -0.3 is 42.1 Å². The van der Waals surface area contributed by atoms with E-state index in [1.165, 1.54) is 23.5 Å². The molecular formula is C53H52N6O9S. The van der Waals surface area contributed by atoms with Crippen molar-refractivity contribution in [3.8, 4) is 11.1 Å². The standard InChI is InChI=1S/C53H52N6O9S/c60-46-32-47(61)55-44(31-40-17-10-26-69-40)51(65)58-42(28-35-18-22-38(23-19-35)37-15-8-3-9-16-37)49(63)56-41(27-33-11-4-1-5-12-33)48(62)57-43(29-36-20-24-39(25-21-36)54-52(46)66)50(64)59-45(53(67)68)30-34-13-6-2-7-14-34/h1-26,41-46,60H,27-32H2,(H,54,66)(H,55,61)(H,56,63)(H,57,62)(H,58,65)(H,59,64)(H,67,68)/t41-,42+,43-,44-,45-,46+/m0/s1. The van der Waals surface area contributed by atoms with Crippen LogP contribution in [0.3, 0.4) is 0 Å².